The second-order valence-electron chi connectivity index (χ2n) is 6.05. The Labute approximate surface area is 160 Å². The molecule has 2 heterocycles. The smallest absolute Gasteiger partial charge is 0.262 e. The van der Waals surface area contributed by atoms with E-state index in [1.807, 2.05) is 54.6 Å². The molecular formula is C21H18N2O3S. The van der Waals surface area contributed by atoms with Crippen molar-refractivity contribution in [3.63, 3.8) is 0 Å². The molecule has 0 atom stereocenters. The first-order valence-electron chi connectivity index (χ1n) is 8.45. The lowest BCUT2D eigenvalue weighted by Crippen LogP contribution is -2.20. The molecule has 2 aromatic heterocycles. The zero-order chi connectivity index (χ0) is 18.8. The summed E-state index contributed by atoms with van der Waals surface area (Å²) in [6, 6.07) is 17.5. The van der Waals surface area contributed by atoms with Crippen LogP contribution in [0.3, 0.4) is 0 Å². The Morgan fingerprint density at radius 3 is 2.59 bits per heavy atom. The molecule has 0 amide bonds. The Hall–Kier alpha value is -3.12. The first kappa shape index (κ1) is 17.3. The summed E-state index contributed by atoms with van der Waals surface area (Å²) in [7, 11) is 3.22. The lowest BCUT2D eigenvalue weighted by Gasteiger charge is -2.11. The summed E-state index contributed by atoms with van der Waals surface area (Å²) in [5.41, 5.74) is 1.88. The lowest BCUT2D eigenvalue weighted by atomic mass is 10.1. The predicted octanol–water partition coefficient (Wildman–Crippen LogP) is 4.19. The molecule has 5 nitrogen and oxygen atoms in total. The van der Waals surface area contributed by atoms with E-state index < -0.39 is 0 Å². The van der Waals surface area contributed by atoms with Gasteiger partial charge in [-0.3, -0.25) is 9.36 Å². The summed E-state index contributed by atoms with van der Waals surface area (Å²) in [5.74, 6) is 1.42. The summed E-state index contributed by atoms with van der Waals surface area (Å²) in [6.45, 7) is 0.360. The molecule has 0 unspecified atom stereocenters. The topological polar surface area (TPSA) is 53.4 Å². The molecule has 2 aromatic carbocycles. The lowest BCUT2D eigenvalue weighted by molar-refractivity contribution is 0.397. The van der Waals surface area contributed by atoms with E-state index in [4.69, 9.17) is 9.47 Å². The van der Waals surface area contributed by atoms with Crippen LogP contribution in [0.4, 0.5) is 0 Å². The maximum Gasteiger partial charge on any atom is 0.262 e. The third-order valence-electron chi connectivity index (χ3n) is 4.40. The number of ether oxygens (including phenoxy) is 2. The zero-order valence-corrected chi connectivity index (χ0v) is 15.8. The average molecular weight is 378 g/mol. The monoisotopic (exact) mass is 378 g/mol. The van der Waals surface area contributed by atoms with Crippen LogP contribution < -0.4 is 15.0 Å². The van der Waals surface area contributed by atoms with E-state index >= 15 is 0 Å². The van der Waals surface area contributed by atoms with Gasteiger partial charge < -0.3 is 9.47 Å². The van der Waals surface area contributed by atoms with Gasteiger partial charge in [0.05, 0.1) is 32.5 Å². The van der Waals surface area contributed by atoms with Crippen molar-refractivity contribution in [2.24, 2.45) is 0 Å². The van der Waals surface area contributed by atoms with Gasteiger partial charge in [0.2, 0.25) is 0 Å². The van der Waals surface area contributed by atoms with Crippen LogP contribution in [0, 0.1) is 0 Å². The van der Waals surface area contributed by atoms with Gasteiger partial charge in [-0.15, -0.1) is 11.3 Å². The van der Waals surface area contributed by atoms with Gasteiger partial charge in [0.25, 0.3) is 5.56 Å². The highest BCUT2D eigenvalue weighted by molar-refractivity contribution is 7.21. The van der Waals surface area contributed by atoms with Crippen LogP contribution in [-0.2, 0) is 6.54 Å². The van der Waals surface area contributed by atoms with Crippen molar-refractivity contribution < 1.29 is 9.47 Å². The van der Waals surface area contributed by atoms with Crippen LogP contribution in [0.2, 0.25) is 0 Å². The van der Waals surface area contributed by atoms with Crippen molar-refractivity contribution >= 4 is 21.6 Å². The standard InChI is InChI=1S/C21H18N2O3S/c1-25-16-8-9-18(26-2)15(10-16)12-23-13-22-20-17(21(23)24)11-19(27-20)14-6-4-3-5-7-14/h3-11,13H,12H2,1-2H3. The van der Waals surface area contributed by atoms with E-state index in [1.54, 1.807) is 25.1 Å². The molecule has 4 aromatic rings. The molecule has 27 heavy (non-hydrogen) atoms. The number of fused-ring (bicyclic) bond motifs is 1. The SMILES string of the molecule is COc1ccc(OC)c(Cn2cnc3sc(-c4ccccc4)cc3c2=O)c1. The third-order valence-corrected chi connectivity index (χ3v) is 5.50. The first-order chi connectivity index (χ1) is 13.2. The van der Waals surface area contributed by atoms with Gasteiger partial charge in [0.1, 0.15) is 16.3 Å². The largest absolute Gasteiger partial charge is 0.497 e. The maximum atomic E-state index is 13.0. The van der Waals surface area contributed by atoms with E-state index in [0.717, 1.165) is 26.6 Å². The highest BCUT2D eigenvalue weighted by Crippen LogP contribution is 2.31. The van der Waals surface area contributed by atoms with Crippen LogP contribution in [0.1, 0.15) is 5.56 Å². The average Bonchev–Trinajstić information content (AvgIpc) is 3.16. The van der Waals surface area contributed by atoms with Crippen LogP contribution in [-0.4, -0.2) is 23.8 Å². The molecule has 0 fully saturated rings. The summed E-state index contributed by atoms with van der Waals surface area (Å²) in [5, 5.41) is 0.628. The number of nitrogens with zero attached hydrogens (tertiary/aromatic N) is 2. The number of methoxy groups -OCH3 is 2. The Bertz CT molecular complexity index is 1150. The van der Waals surface area contributed by atoms with Gasteiger partial charge in [-0.1, -0.05) is 30.3 Å². The number of benzene rings is 2. The number of thiophene rings is 1. The zero-order valence-electron chi connectivity index (χ0n) is 15.0. The molecule has 0 aliphatic rings. The molecule has 0 N–H and O–H groups in total. The molecule has 136 valence electrons. The van der Waals surface area contributed by atoms with Crippen molar-refractivity contribution in [2.45, 2.75) is 6.54 Å². The highest BCUT2D eigenvalue weighted by atomic mass is 32.1. The number of aromatic nitrogens is 2. The molecule has 0 bridgehead atoms. The summed E-state index contributed by atoms with van der Waals surface area (Å²) in [6.07, 6.45) is 1.59. The van der Waals surface area contributed by atoms with Gasteiger partial charge in [0.15, 0.2) is 0 Å². The number of hydrogen-bond donors (Lipinski definition) is 0. The van der Waals surface area contributed by atoms with Gasteiger partial charge in [-0.05, 0) is 29.8 Å². The molecule has 0 radical (unpaired) electrons. The van der Waals surface area contributed by atoms with Crippen molar-refractivity contribution in [1.82, 2.24) is 9.55 Å². The fraction of sp³-hybridized carbons (Fsp3) is 0.143. The second-order valence-corrected chi connectivity index (χ2v) is 7.08. The van der Waals surface area contributed by atoms with E-state index in [0.29, 0.717) is 17.7 Å². The number of rotatable bonds is 5. The Kier molecular flexibility index (Phi) is 4.64. The van der Waals surface area contributed by atoms with Crippen molar-refractivity contribution in [3.05, 3.63) is 76.8 Å². The molecule has 0 aliphatic heterocycles. The van der Waals surface area contributed by atoms with Gasteiger partial charge in [0, 0.05) is 10.4 Å². The van der Waals surface area contributed by atoms with Crippen molar-refractivity contribution in [3.8, 4) is 21.9 Å². The number of hydrogen-bond acceptors (Lipinski definition) is 5. The highest BCUT2D eigenvalue weighted by Gasteiger charge is 2.12. The maximum absolute atomic E-state index is 13.0. The van der Waals surface area contributed by atoms with Crippen LogP contribution >= 0.6 is 11.3 Å². The van der Waals surface area contributed by atoms with Crippen LogP contribution in [0.25, 0.3) is 20.7 Å². The summed E-state index contributed by atoms with van der Waals surface area (Å²) >= 11 is 1.52. The fourth-order valence-corrected chi connectivity index (χ4v) is 4.00. The molecule has 6 heteroatoms. The van der Waals surface area contributed by atoms with Crippen molar-refractivity contribution in [2.75, 3.05) is 14.2 Å². The fourth-order valence-electron chi connectivity index (χ4n) is 3.01. The second kappa shape index (κ2) is 7.25. The first-order valence-corrected chi connectivity index (χ1v) is 9.26. The molecule has 0 saturated carbocycles. The van der Waals surface area contributed by atoms with E-state index in [-0.39, 0.29) is 5.56 Å². The molecule has 0 aliphatic carbocycles. The quantitative estimate of drug-likeness (QED) is 0.522. The Balaban J connectivity index is 1.76. The van der Waals surface area contributed by atoms with Crippen molar-refractivity contribution in [1.29, 1.82) is 0 Å². The minimum absolute atomic E-state index is 0.0664. The minimum Gasteiger partial charge on any atom is -0.497 e. The molecule has 0 saturated heterocycles. The summed E-state index contributed by atoms with van der Waals surface area (Å²) < 4.78 is 12.3. The van der Waals surface area contributed by atoms with Gasteiger partial charge in [-0.2, -0.15) is 0 Å². The molecular weight excluding hydrogens is 360 g/mol. The molecule has 4 rings (SSSR count). The Morgan fingerprint density at radius 1 is 1.04 bits per heavy atom. The van der Waals surface area contributed by atoms with E-state index in [1.165, 1.54) is 11.3 Å². The third kappa shape index (κ3) is 3.31. The summed E-state index contributed by atoms with van der Waals surface area (Å²) in [4.78, 5) is 19.3. The van der Waals surface area contributed by atoms with E-state index in [2.05, 4.69) is 4.98 Å². The molecule has 0 spiro atoms. The van der Waals surface area contributed by atoms with Gasteiger partial charge in [-0.25, -0.2) is 4.98 Å². The normalized spacial score (nSPS) is 10.9. The van der Waals surface area contributed by atoms with Gasteiger partial charge >= 0.3 is 0 Å². The minimum atomic E-state index is -0.0664. The predicted molar refractivity (Wildman–Crippen MR) is 108 cm³/mol. The van der Waals surface area contributed by atoms with Crippen LogP contribution in [0.15, 0.2) is 65.7 Å². The Morgan fingerprint density at radius 2 is 1.85 bits per heavy atom. The van der Waals surface area contributed by atoms with Crippen LogP contribution in [0.5, 0.6) is 11.5 Å². The van der Waals surface area contributed by atoms with E-state index in [9.17, 15) is 4.79 Å².